The minimum atomic E-state index is -3.00. The van der Waals surface area contributed by atoms with Crippen molar-refractivity contribution in [2.45, 2.75) is 67.0 Å². The van der Waals surface area contributed by atoms with Gasteiger partial charge >= 0.3 is 12.1 Å². The molecule has 34 heavy (non-hydrogen) atoms. The third-order valence-electron chi connectivity index (χ3n) is 5.05. The molecule has 1 heterocycles. The molecule has 0 aromatic carbocycles. The van der Waals surface area contributed by atoms with Gasteiger partial charge in [0.15, 0.2) is 29.1 Å². The minimum Gasteiger partial charge on any atom is -0.463 e. The van der Waals surface area contributed by atoms with Crippen LogP contribution in [-0.2, 0) is 33.3 Å². The molecule has 1 amide bonds. The van der Waals surface area contributed by atoms with Crippen molar-refractivity contribution in [1.29, 1.82) is 0 Å². The molecule has 0 spiro atoms. The van der Waals surface area contributed by atoms with E-state index in [4.69, 9.17) is 53.8 Å². The Morgan fingerprint density at radius 3 is 2.15 bits per heavy atom. The Balaban J connectivity index is 3.45. The number of ketones is 2. The summed E-state index contributed by atoms with van der Waals surface area (Å²) in [6.45, 7) is 5.02. The molecule has 0 aromatic heterocycles. The second-order valence-electron chi connectivity index (χ2n) is 7.56. The zero-order valence-electron chi connectivity index (χ0n) is 18.8. The van der Waals surface area contributed by atoms with Crippen molar-refractivity contribution in [2.75, 3.05) is 19.8 Å². The lowest BCUT2D eigenvalue weighted by molar-refractivity contribution is -0.316. The van der Waals surface area contributed by atoms with E-state index in [0.29, 0.717) is 12.8 Å². The monoisotopic (exact) mass is 547 g/mol. The fourth-order valence-corrected chi connectivity index (χ4v) is 3.57. The summed E-state index contributed by atoms with van der Waals surface area (Å²) in [6.07, 6.45) is -2.00. The molecule has 194 valence electrons. The summed E-state index contributed by atoms with van der Waals surface area (Å²) >= 11 is 16.7. The van der Waals surface area contributed by atoms with Crippen LogP contribution in [0.3, 0.4) is 0 Å². The largest absolute Gasteiger partial charge is 0.463 e. The van der Waals surface area contributed by atoms with Crippen LogP contribution < -0.4 is 5.32 Å². The average Bonchev–Trinajstić information content (AvgIpc) is 2.72. The molecule has 1 aliphatic rings. The van der Waals surface area contributed by atoms with Gasteiger partial charge in [0, 0.05) is 6.92 Å². The number of unbranched alkanes of at least 4 members (excludes halogenated alkanes) is 1. The highest BCUT2D eigenvalue weighted by molar-refractivity contribution is 6.67. The van der Waals surface area contributed by atoms with Gasteiger partial charge < -0.3 is 34.5 Å². The summed E-state index contributed by atoms with van der Waals surface area (Å²) < 4.78 is 18.9. The number of nitrogens with one attached hydrogen (secondary N) is 1. The number of esters is 1. The van der Waals surface area contributed by atoms with Gasteiger partial charge in [0.1, 0.15) is 25.4 Å². The topological polar surface area (TPSA) is 158 Å². The van der Waals surface area contributed by atoms with Crippen molar-refractivity contribution < 1.29 is 48.3 Å². The number of carbonyl (C=O) groups excluding carboxylic acids is 4. The number of carbonyl (C=O) groups is 4. The van der Waals surface area contributed by atoms with E-state index in [-0.39, 0.29) is 6.61 Å². The third kappa shape index (κ3) is 7.27. The van der Waals surface area contributed by atoms with Crippen molar-refractivity contribution >= 4 is 58.4 Å². The standard InChI is InChI=1S/C20H28Cl3NO10/c1-5-6-7-8-31-16-15(24-17(28)33-10-18(21,22)23)20(30,12(3)26)19(29,11(2)25)14(34-16)9-32-13(4)27/h5,14-16,29-30H,1,6-10H2,2-4H3,(H,24,28)/t14-,15+,16+,19-,20-/m1/s1. The maximum Gasteiger partial charge on any atom is 0.407 e. The van der Waals surface area contributed by atoms with E-state index in [9.17, 15) is 29.4 Å². The number of hydrogen-bond donors (Lipinski definition) is 3. The first-order chi connectivity index (χ1) is 15.6. The van der Waals surface area contributed by atoms with Gasteiger partial charge in [-0.3, -0.25) is 14.4 Å². The Hall–Kier alpha value is -1.47. The first kappa shape index (κ1) is 30.6. The molecule has 0 radical (unpaired) electrons. The molecule has 1 aliphatic heterocycles. The Morgan fingerprint density at radius 2 is 1.68 bits per heavy atom. The number of alkyl halides is 3. The van der Waals surface area contributed by atoms with E-state index in [0.717, 1.165) is 20.8 Å². The van der Waals surface area contributed by atoms with Crippen molar-refractivity contribution in [3.05, 3.63) is 12.7 Å². The predicted molar refractivity (Wildman–Crippen MR) is 121 cm³/mol. The molecular weight excluding hydrogens is 521 g/mol. The van der Waals surface area contributed by atoms with Gasteiger partial charge in [0.25, 0.3) is 0 Å². The Kier molecular flexibility index (Phi) is 11.2. The van der Waals surface area contributed by atoms with Gasteiger partial charge in [-0.05, 0) is 26.7 Å². The molecule has 0 bridgehead atoms. The molecule has 3 N–H and O–H groups in total. The molecule has 1 saturated heterocycles. The van der Waals surface area contributed by atoms with Gasteiger partial charge in [-0.15, -0.1) is 6.58 Å². The summed E-state index contributed by atoms with van der Waals surface area (Å²) in [7, 11) is 0. The van der Waals surface area contributed by atoms with Crippen LogP contribution in [0.1, 0.15) is 33.6 Å². The summed E-state index contributed by atoms with van der Waals surface area (Å²) in [5.74, 6) is -3.00. The lowest BCUT2D eigenvalue weighted by Crippen LogP contribution is -2.82. The molecule has 0 aromatic rings. The maximum atomic E-state index is 12.7. The van der Waals surface area contributed by atoms with Gasteiger partial charge in [0.05, 0.1) is 6.61 Å². The lowest BCUT2D eigenvalue weighted by atomic mass is 9.67. The van der Waals surface area contributed by atoms with E-state index >= 15 is 0 Å². The van der Waals surface area contributed by atoms with Crippen LogP contribution >= 0.6 is 34.8 Å². The van der Waals surface area contributed by atoms with Crippen LogP contribution in [0.15, 0.2) is 12.7 Å². The van der Waals surface area contributed by atoms with Crippen molar-refractivity contribution in [2.24, 2.45) is 0 Å². The van der Waals surface area contributed by atoms with Gasteiger partial charge in [-0.25, -0.2) is 4.79 Å². The Morgan fingerprint density at radius 1 is 1.09 bits per heavy atom. The summed E-state index contributed by atoms with van der Waals surface area (Å²) in [5.41, 5.74) is -5.95. The van der Waals surface area contributed by atoms with Crippen LogP contribution in [0, 0.1) is 0 Å². The van der Waals surface area contributed by atoms with E-state index in [1.54, 1.807) is 6.08 Å². The van der Waals surface area contributed by atoms with Crippen LogP contribution in [-0.4, -0.2) is 87.1 Å². The first-order valence-electron chi connectivity index (χ1n) is 10.1. The molecule has 0 unspecified atom stereocenters. The Bertz CT molecular complexity index is 789. The van der Waals surface area contributed by atoms with Gasteiger partial charge in [-0.2, -0.15) is 0 Å². The smallest absolute Gasteiger partial charge is 0.407 e. The highest BCUT2D eigenvalue weighted by Gasteiger charge is 2.71. The average molecular weight is 549 g/mol. The third-order valence-corrected chi connectivity index (χ3v) is 5.38. The number of halogens is 3. The van der Waals surface area contributed by atoms with Crippen LogP contribution in [0.5, 0.6) is 0 Å². The van der Waals surface area contributed by atoms with E-state index in [2.05, 4.69) is 11.9 Å². The fraction of sp³-hybridized carbons (Fsp3) is 0.700. The molecule has 0 saturated carbocycles. The van der Waals surface area contributed by atoms with Crippen molar-refractivity contribution in [1.82, 2.24) is 5.32 Å². The SMILES string of the molecule is C=CCCCO[C@H]1O[C@H](COC(C)=O)[C@](O)(C(C)=O)[C@@](O)(C(C)=O)[C@H]1NC(=O)OCC(Cl)(Cl)Cl. The fourth-order valence-electron chi connectivity index (χ4n) is 3.40. The minimum absolute atomic E-state index is 0.00480. The molecule has 1 fully saturated rings. The number of Topliss-reactive ketones (excluding diaryl/α,β-unsaturated/α-hetero) is 2. The molecular formula is C20H28Cl3NO10. The number of amides is 1. The lowest BCUT2D eigenvalue weighted by Gasteiger charge is -2.54. The number of aliphatic hydroxyl groups is 2. The number of alkyl carbamates (subject to hydrolysis) is 1. The molecule has 0 aliphatic carbocycles. The molecule has 14 heteroatoms. The maximum absolute atomic E-state index is 12.7. The second kappa shape index (κ2) is 12.5. The van der Waals surface area contributed by atoms with E-state index in [1.807, 2.05) is 0 Å². The van der Waals surface area contributed by atoms with Crippen LogP contribution in [0.2, 0.25) is 0 Å². The van der Waals surface area contributed by atoms with Crippen molar-refractivity contribution in [3.8, 4) is 0 Å². The normalized spacial score (nSPS) is 29.1. The zero-order chi connectivity index (χ0) is 26.3. The van der Waals surface area contributed by atoms with E-state index < -0.39 is 70.3 Å². The summed E-state index contributed by atoms with van der Waals surface area (Å²) in [6, 6.07) is -1.86. The number of allylic oxidation sites excluding steroid dienone is 1. The molecule has 5 atom stereocenters. The Labute approximate surface area is 211 Å². The quantitative estimate of drug-likeness (QED) is 0.149. The van der Waals surface area contributed by atoms with E-state index in [1.165, 1.54) is 0 Å². The first-order valence-corrected chi connectivity index (χ1v) is 11.2. The highest BCUT2D eigenvalue weighted by Crippen LogP contribution is 2.41. The predicted octanol–water partition coefficient (Wildman–Crippen LogP) is 1.36. The van der Waals surface area contributed by atoms with Crippen molar-refractivity contribution in [3.63, 3.8) is 0 Å². The zero-order valence-corrected chi connectivity index (χ0v) is 21.1. The number of hydrogen-bond acceptors (Lipinski definition) is 10. The number of rotatable bonds is 11. The summed E-state index contributed by atoms with van der Waals surface area (Å²) in [4.78, 5) is 49.0. The number of ether oxygens (including phenoxy) is 4. The molecule has 11 nitrogen and oxygen atoms in total. The second-order valence-corrected chi connectivity index (χ2v) is 10.1. The van der Waals surface area contributed by atoms with Gasteiger partial charge in [0.2, 0.25) is 3.79 Å². The van der Waals surface area contributed by atoms with Crippen LogP contribution in [0.4, 0.5) is 4.79 Å². The molecule has 1 rings (SSSR count). The summed E-state index contributed by atoms with van der Waals surface area (Å²) in [5, 5.41) is 25.0. The van der Waals surface area contributed by atoms with Gasteiger partial charge in [-0.1, -0.05) is 40.9 Å². The highest BCUT2D eigenvalue weighted by atomic mass is 35.6. The van der Waals surface area contributed by atoms with Crippen LogP contribution in [0.25, 0.3) is 0 Å².